The van der Waals surface area contributed by atoms with Gasteiger partial charge in [0.15, 0.2) is 0 Å². The molecule has 0 aromatic heterocycles. The highest BCUT2D eigenvalue weighted by atomic mass is 16.3. The molecule has 2 atom stereocenters. The smallest absolute Gasteiger partial charge is 0.0446 e. The molecule has 1 aromatic carbocycles. The fourth-order valence-electron chi connectivity index (χ4n) is 2.71. The fraction of sp³-hybridized carbons (Fsp3) is 0.684. The average molecular weight is 291 g/mol. The quantitative estimate of drug-likeness (QED) is 0.783. The molecule has 0 saturated heterocycles. The SMILES string of the molecule is CC(C)Cc1ccc(C(C)NC(CCO)C(C)(C)C)cc1. The molecule has 0 heterocycles. The highest BCUT2D eigenvalue weighted by Gasteiger charge is 2.25. The Morgan fingerprint density at radius 2 is 1.62 bits per heavy atom. The van der Waals surface area contributed by atoms with Crippen molar-refractivity contribution in [3.63, 3.8) is 0 Å². The third-order valence-corrected chi connectivity index (χ3v) is 4.04. The maximum absolute atomic E-state index is 9.26. The second-order valence-electron chi connectivity index (χ2n) is 7.66. The second-order valence-corrected chi connectivity index (χ2v) is 7.66. The summed E-state index contributed by atoms with van der Waals surface area (Å²) in [5.74, 6) is 0.696. The summed E-state index contributed by atoms with van der Waals surface area (Å²) >= 11 is 0. The Kier molecular flexibility index (Phi) is 6.89. The van der Waals surface area contributed by atoms with Crippen LogP contribution < -0.4 is 5.32 Å². The number of nitrogens with one attached hydrogen (secondary N) is 1. The number of hydrogen-bond acceptors (Lipinski definition) is 2. The van der Waals surface area contributed by atoms with Gasteiger partial charge < -0.3 is 10.4 Å². The average Bonchev–Trinajstić information content (AvgIpc) is 2.37. The monoisotopic (exact) mass is 291 g/mol. The normalized spacial score (nSPS) is 15.2. The molecule has 0 radical (unpaired) electrons. The predicted octanol–water partition coefficient (Wildman–Crippen LogP) is 4.33. The minimum atomic E-state index is 0.147. The Balaban J connectivity index is 2.71. The van der Waals surface area contributed by atoms with Gasteiger partial charge in [0, 0.05) is 18.7 Å². The van der Waals surface area contributed by atoms with Crippen LogP contribution in [-0.2, 0) is 6.42 Å². The Bertz CT molecular complexity index is 403. The van der Waals surface area contributed by atoms with Crippen LogP contribution >= 0.6 is 0 Å². The van der Waals surface area contributed by atoms with E-state index in [1.165, 1.54) is 11.1 Å². The zero-order valence-electron chi connectivity index (χ0n) is 14.6. The highest BCUT2D eigenvalue weighted by molar-refractivity contribution is 5.25. The van der Waals surface area contributed by atoms with E-state index >= 15 is 0 Å². The molecule has 0 aliphatic heterocycles. The molecule has 2 nitrogen and oxygen atoms in total. The Morgan fingerprint density at radius 3 is 2.05 bits per heavy atom. The molecule has 1 aromatic rings. The number of benzene rings is 1. The van der Waals surface area contributed by atoms with Gasteiger partial charge in [0.25, 0.3) is 0 Å². The lowest BCUT2D eigenvalue weighted by Crippen LogP contribution is -2.42. The van der Waals surface area contributed by atoms with Gasteiger partial charge in [0.1, 0.15) is 0 Å². The van der Waals surface area contributed by atoms with E-state index < -0.39 is 0 Å². The highest BCUT2D eigenvalue weighted by Crippen LogP contribution is 2.25. The Labute approximate surface area is 131 Å². The molecule has 120 valence electrons. The summed E-state index contributed by atoms with van der Waals surface area (Å²) in [5.41, 5.74) is 2.87. The van der Waals surface area contributed by atoms with Crippen LogP contribution in [0.2, 0.25) is 0 Å². The minimum absolute atomic E-state index is 0.147. The molecular weight excluding hydrogens is 258 g/mol. The van der Waals surface area contributed by atoms with E-state index in [1.807, 2.05) is 0 Å². The molecule has 2 heteroatoms. The molecule has 2 unspecified atom stereocenters. The van der Waals surface area contributed by atoms with Crippen molar-refractivity contribution in [1.82, 2.24) is 5.32 Å². The molecule has 21 heavy (non-hydrogen) atoms. The van der Waals surface area contributed by atoms with Crippen LogP contribution in [0.1, 0.15) is 65.1 Å². The first-order valence-corrected chi connectivity index (χ1v) is 8.19. The Hall–Kier alpha value is -0.860. The molecule has 1 rings (SSSR count). The van der Waals surface area contributed by atoms with Crippen molar-refractivity contribution >= 4 is 0 Å². The lowest BCUT2D eigenvalue weighted by Gasteiger charge is -2.34. The molecule has 0 fully saturated rings. The molecule has 0 aliphatic carbocycles. The van der Waals surface area contributed by atoms with E-state index in [1.54, 1.807) is 0 Å². The molecule has 0 saturated carbocycles. The third kappa shape index (κ3) is 6.19. The minimum Gasteiger partial charge on any atom is -0.396 e. The van der Waals surface area contributed by atoms with Gasteiger partial charge in [-0.1, -0.05) is 58.9 Å². The summed E-state index contributed by atoms with van der Waals surface area (Å²) in [4.78, 5) is 0. The maximum atomic E-state index is 9.26. The van der Waals surface area contributed by atoms with Crippen molar-refractivity contribution in [3.05, 3.63) is 35.4 Å². The number of aliphatic hydroxyl groups excluding tert-OH is 1. The Morgan fingerprint density at radius 1 is 1.05 bits per heavy atom. The van der Waals surface area contributed by atoms with E-state index in [4.69, 9.17) is 0 Å². The first kappa shape index (κ1) is 18.2. The number of hydrogen-bond donors (Lipinski definition) is 2. The van der Waals surface area contributed by atoms with E-state index in [0.717, 1.165) is 12.8 Å². The lowest BCUT2D eigenvalue weighted by molar-refractivity contribution is 0.188. The van der Waals surface area contributed by atoms with Gasteiger partial charge in [0.2, 0.25) is 0 Å². The zero-order chi connectivity index (χ0) is 16.0. The third-order valence-electron chi connectivity index (χ3n) is 4.04. The van der Waals surface area contributed by atoms with E-state index in [-0.39, 0.29) is 12.0 Å². The summed E-state index contributed by atoms with van der Waals surface area (Å²) in [6, 6.07) is 9.56. The van der Waals surface area contributed by atoms with Gasteiger partial charge in [-0.15, -0.1) is 0 Å². The predicted molar refractivity (Wildman–Crippen MR) is 91.5 cm³/mol. The number of rotatable bonds is 7. The molecular formula is C19H33NO. The molecule has 0 aliphatic rings. The maximum Gasteiger partial charge on any atom is 0.0446 e. The van der Waals surface area contributed by atoms with Gasteiger partial charge in [0.05, 0.1) is 0 Å². The molecule has 0 bridgehead atoms. The van der Waals surface area contributed by atoms with Crippen molar-refractivity contribution in [2.45, 2.75) is 66.5 Å². The van der Waals surface area contributed by atoms with E-state index in [9.17, 15) is 5.11 Å². The summed E-state index contributed by atoms with van der Waals surface area (Å²) in [5, 5.41) is 12.9. The van der Waals surface area contributed by atoms with Crippen molar-refractivity contribution in [1.29, 1.82) is 0 Å². The van der Waals surface area contributed by atoms with Crippen molar-refractivity contribution in [3.8, 4) is 0 Å². The van der Waals surface area contributed by atoms with Crippen molar-refractivity contribution in [2.75, 3.05) is 6.61 Å². The fourth-order valence-corrected chi connectivity index (χ4v) is 2.71. The van der Waals surface area contributed by atoms with Crippen LogP contribution in [0.4, 0.5) is 0 Å². The van der Waals surface area contributed by atoms with E-state index in [0.29, 0.717) is 18.0 Å². The standard InChI is InChI=1S/C19H33NO/c1-14(2)13-16-7-9-17(10-8-16)15(3)20-18(11-12-21)19(4,5)6/h7-10,14-15,18,20-21H,11-13H2,1-6H3. The topological polar surface area (TPSA) is 32.3 Å². The summed E-state index contributed by atoms with van der Waals surface area (Å²) in [6.07, 6.45) is 1.93. The van der Waals surface area contributed by atoms with Gasteiger partial charge in [-0.2, -0.15) is 0 Å². The summed E-state index contributed by atoms with van der Waals surface area (Å²) in [7, 11) is 0. The zero-order valence-corrected chi connectivity index (χ0v) is 14.6. The van der Waals surface area contributed by atoms with Crippen LogP contribution in [0, 0.1) is 11.3 Å². The largest absolute Gasteiger partial charge is 0.396 e. The van der Waals surface area contributed by atoms with Gasteiger partial charge in [-0.05, 0) is 42.2 Å². The van der Waals surface area contributed by atoms with Gasteiger partial charge >= 0.3 is 0 Å². The van der Waals surface area contributed by atoms with Crippen molar-refractivity contribution < 1.29 is 5.11 Å². The van der Waals surface area contributed by atoms with E-state index in [2.05, 4.69) is 71.1 Å². The van der Waals surface area contributed by atoms with Crippen LogP contribution in [0.25, 0.3) is 0 Å². The number of aliphatic hydroxyl groups is 1. The van der Waals surface area contributed by atoms with Gasteiger partial charge in [-0.3, -0.25) is 0 Å². The van der Waals surface area contributed by atoms with Crippen LogP contribution in [-0.4, -0.2) is 17.8 Å². The summed E-state index contributed by atoms with van der Waals surface area (Å²) in [6.45, 7) is 13.6. The first-order chi connectivity index (χ1) is 9.74. The van der Waals surface area contributed by atoms with Crippen molar-refractivity contribution in [2.24, 2.45) is 11.3 Å². The van der Waals surface area contributed by atoms with Crippen LogP contribution in [0.5, 0.6) is 0 Å². The molecule has 0 amide bonds. The molecule has 2 N–H and O–H groups in total. The van der Waals surface area contributed by atoms with Crippen LogP contribution in [0.3, 0.4) is 0 Å². The molecule has 0 spiro atoms. The van der Waals surface area contributed by atoms with Crippen LogP contribution in [0.15, 0.2) is 24.3 Å². The first-order valence-electron chi connectivity index (χ1n) is 8.19. The second kappa shape index (κ2) is 7.95. The van der Waals surface area contributed by atoms with Gasteiger partial charge in [-0.25, -0.2) is 0 Å². The lowest BCUT2D eigenvalue weighted by atomic mass is 9.84. The summed E-state index contributed by atoms with van der Waals surface area (Å²) < 4.78 is 0.